The minimum atomic E-state index is -4.00. The molecule has 0 aliphatic carbocycles. The normalized spacial score (nSPS) is 15.7. The molecule has 0 saturated carbocycles. The maximum Gasteiger partial charge on any atom is 0.265 e. The fraction of sp³-hybridized carbons (Fsp3) is 0.148. The molecule has 0 amide bonds. The van der Waals surface area contributed by atoms with Crippen molar-refractivity contribution in [3.63, 3.8) is 0 Å². The monoisotopic (exact) mass is 443 g/mol. The second kappa shape index (κ2) is 8.24. The van der Waals surface area contributed by atoms with Gasteiger partial charge in [-0.05, 0) is 55.7 Å². The zero-order valence-corrected chi connectivity index (χ0v) is 19.2. The number of hydrogen-bond donors (Lipinski definition) is 0. The summed E-state index contributed by atoms with van der Waals surface area (Å²) in [6, 6.07) is 21.1. The van der Waals surface area contributed by atoms with Gasteiger partial charge in [-0.1, -0.05) is 78.4 Å². The Morgan fingerprint density at radius 3 is 2.03 bits per heavy atom. The van der Waals surface area contributed by atoms with Gasteiger partial charge in [0, 0.05) is 5.57 Å². The largest absolute Gasteiger partial charge is 0.295 e. The lowest BCUT2D eigenvalue weighted by Crippen LogP contribution is -2.37. The number of hydrogen-bond acceptors (Lipinski definition) is 3. The van der Waals surface area contributed by atoms with Gasteiger partial charge in [-0.2, -0.15) is 0 Å². The summed E-state index contributed by atoms with van der Waals surface area (Å²) in [5.41, 5.74) is 5.13. The van der Waals surface area contributed by atoms with Gasteiger partial charge in [-0.25, -0.2) is 8.42 Å². The molecule has 3 aromatic rings. The lowest BCUT2D eigenvalue weighted by Gasteiger charge is -2.39. The Labute approximate surface area is 189 Å². The lowest BCUT2D eigenvalue weighted by molar-refractivity contribution is -0.114. The van der Waals surface area contributed by atoms with Gasteiger partial charge in [0.05, 0.1) is 16.6 Å². The summed E-state index contributed by atoms with van der Waals surface area (Å²) in [5.74, 6) is -0.251. The van der Waals surface area contributed by atoms with E-state index in [0.717, 1.165) is 27.8 Å². The summed E-state index contributed by atoms with van der Waals surface area (Å²) < 4.78 is 29.4. The average Bonchev–Trinajstić information content (AvgIpc) is 2.78. The molecule has 0 fully saturated rings. The fourth-order valence-corrected chi connectivity index (χ4v) is 5.56. The summed E-state index contributed by atoms with van der Waals surface area (Å²) in [7, 11) is -4.00. The van der Waals surface area contributed by atoms with Gasteiger partial charge < -0.3 is 0 Å². The number of carbonyl (C=O) groups is 1. The molecule has 162 valence electrons. The SMILES string of the molecule is C=C(C(C)=O)[C@@H]1c2ccccc2C=C(c2ccc(C)cc2)N1S(=O)(=O)c1ccc(C)cc1. The Morgan fingerprint density at radius 2 is 1.44 bits per heavy atom. The van der Waals surface area contributed by atoms with Crippen molar-refractivity contribution in [3.8, 4) is 0 Å². The van der Waals surface area contributed by atoms with Crippen LogP contribution < -0.4 is 0 Å². The van der Waals surface area contributed by atoms with E-state index in [9.17, 15) is 13.2 Å². The van der Waals surface area contributed by atoms with Gasteiger partial charge in [-0.15, -0.1) is 0 Å². The molecule has 0 unspecified atom stereocenters. The summed E-state index contributed by atoms with van der Waals surface area (Å²) in [5, 5.41) is 0. The summed E-state index contributed by atoms with van der Waals surface area (Å²) in [6.45, 7) is 9.32. The van der Waals surface area contributed by atoms with Crippen molar-refractivity contribution >= 4 is 27.6 Å². The molecule has 1 aliphatic rings. The van der Waals surface area contributed by atoms with Crippen LogP contribution in [0, 0.1) is 13.8 Å². The highest BCUT2D eigenvalue weighted by atomic mass is 32.2. The standard InChI is InChI=1S/C27H25NO3S/c1-18-9-13-22(14-10-18)26-17-23-7-5-6-8-25(23)27(20(3)21(4)29)28(26)32(30,31)24-15-11-19(2)12-16-24/h5-17,27H,3H2,1-2,4H3/t27-/m1/s1. The van der Waals surface area contributed by atoms with Crippen LogP contribution in [0.2, 0.25) is 0 Å². The number of fused-ring (bicyclic) bond motifs is 1. The summed E-state index contributed by atoms with van der Waals surface area (Å²) in [6.07, 6.45) is 1.87. The molecule has 4 rings (SSSR count). The quantitative estimate of drug-likeness (QED) is 0.476. The first kappa shape index (κ1) is 21.8. The molecule has 1 aliphatic heterocycles. The van der Waals surface area contributed by atoms with Crippen LogP contribution in [0.1, 0.15) is 40.8 Å². The Morgan fingerprint density at radius 1 is 0.875 bits per heavy atom. The van der Waals surface area contributed by atoms with Crippen molar-refractivity contribution in [2.24, 2.45) is 0 Å². The molecule has 32 heavy (non-hydrogen) atoms. The van der Waals surface area contributed by atoms with Crippen molar-refractivity contribution in [1.29, 1.82) is 0 Å². The molecule has 0 saturated heterocycles. The number of aryl methyl sites for hydroxylation is 2. The van der Waals surface area contributed by atoms with Crippen LogP contribution in [-0.4, -0.2) is 18.5 Å². The summed E-state index contributed by atoms with van der Waals surface area (Å²) >= 11 is 0. The van der Waals surface area contributed by atoms with Crippen LogP contribution in [0.25, 0.3) is 11.8 Å². The average molecular weight is 444 g/mol. The Balaban J connectivity index is 2.02. The van der Waals surface area contributed by atoms with E-state index < -0.39 is 16.1 Å². The Hall–Kier alpha value is -3.44. The van der Waals surface area contributed by atoms with Gasteiger partial charge in [0.25, 0.3) is 10.0 Å². The molecular weight excluding hydrogens is 418 g/mol. The molecular formula is C27H25NO3S. The highest BCUT2D eigenvalue weighted by Crippen LogP contribution is 2.45. The number of sulfonamides is 1. The van der Waals surface area contributed by atoms with Crippen molar-refractivity contribution in [1.82, 2.24) is 4.31 Å². The smallest absolute Gasteiger partial charge is 0.265 e. The molecule has 0 aromatic heterocycles. The predicted octanol–water partition coefficient (Wildman–Crippen LogP) is 5.69. The number of benzene rings is 3. The molecule has 0 radical (unpaired) electrons. The molecule has 0 N–H and O–H groups in total. The minimum Gasteiger partial charge on any atom is -0.295 e. The molecule has 3 aromatic carbocycles. The maximum absolute atomic E-state index is 14.0. The van der Waals surface area contributed by atoms with E-state index in [1.54, 1.807) is 24.3 Å². The lowest BCUT2D eigenvalue weighted by atomic mass is 9.88. The molecule has 0 bridgehead atoms. The zero-order chi connectivity index (χ0) is 23.0. The van der Waals surface area contributed by atoms with Gasteiger partial charge in [0.1, 0.15) is 0 Å². The van der Waals surface area contributed by atoms with E-state index in [4.69, 9.17) is 0 Å². The van der Waals surface area contributed by atoms with Gasteiger partial charge >= 0.3 is 0 Å². The molecule has 4 nitrogen and oxygen atoms in total. The number of rotatable bonds is 5. The first-order valence-corrected chi connectivity index (χ1v) is 11.8. The van der Waals surface area contributed by atoms with Crippen molar-refractivity contribution < 1.29 is 13.2 Å². The van der Waals surface area contributed by atoms with Crippen molar-refractivity contribution in [2.75, 3.05) is 0 Å². The van der Waals surface area contributed by atoms with Crippen LogP contribution in [0.5, 0.6) is 0 Å². The molecule has 5 heteroatoms. The number of carbonyl (C=O) groups excluding carboxylic acids is 1. The third-order valence-electron chi connectivity index (χ3n) is 5.76. The van der Waals surface area contributed by atoms with Crippen LogP contribution in [0.3, 0.4) is 0 Å². The van der Waals surface area contributed by atoms with E-state index in [1.165, 1.54) is 11.2 Å². The highest BCUT2D eigenvalue weighted by molar-refractivity contribution is 7.89. The first-order valence-electron chi connectivity index (χ1n) is 10.4. The topological polar surface area (TPSA) is 54.5 Å². The number of nitrogens with zero attached hydrogens (tertiary/aromatic N) is 1. The van der Waals surface area contributed by atoms with E-state index in [2.05, 4.69) is 6.58 Å². The van der Waals surface area contributed by atoms with Gasteiger partial charge in [0.15, 0.2) is 5.78 Å². The second-order valence-electron chi connectivity index (χ2n) is 8.12. The third-order valence-corrected chi connectivity index (χ3v) is 7.56. The van der Waals surface area contributed by atoms with Crippen LogP contribution in [-0.2, 0) is 14.8 Å². The number of ketones is 1. The fourth-order valence-electron chi connectivity index (χ4n) is 3.92. The zero-order valence-electron chi connectivity index (χ0n) is 18.4. The summed E-state index contributed by atoms with van der Waals surface area (Å²) in [4.78, 5) is 12.6. The maximum atomic E-state index is 14.0. The first-order chi connectivity index (χ1) is 15.2. The predicted molar refractivity (Wildman–Crippen MR) is 128 cm³/mol. The van der Waals surface area contributed by atoms with Crippen LogP contribution in [0.15, 0.2) is 89.8 Å². The Kier molecular flexibility index (Phi) is 5.61. The molecule has 1 heterocycles. The van der Waals surface area contributed by atoms with Crippen molar-refractivity contribution in [3.05, 3.63) is 113 Å². The van der Waals surface area contributed by atoms with Gasteiger partial charge in [0.2, 0.25) is 0 Å². The van der Waals surface area contributed by atoms with E-state index in [0.29, 0.717) is 5.70 Å². The van der Waals surface area contributed by atoms with Crippen LogP contribution >= 0.6 is 0 Å². The number of Topliss-reactive ketones (excluding diaryl/α,β-unsaturated/α-hetero) is 1. The van der Waals surface area contributed by atoms with E-state index >= 15 is 0 Å². The van der Waals surface area contributed by atoms with Crippen LogP contribution in [0.4, 0.5) is 0 Å². The van der Waals surface area contributed by atoms with E-state index in [1.807, 2.05) is 68.5 Å². The molecule has 1 atom stereocenters. The Bertz CT molecular complexity index is 1330. The minimum absolute atomic E-state index is 0.168. The van der Waals surface area contributed by atoms with Gasteiger partial charge in [-0.3, -0.25) is 9.10 Å². The molecule has 0 spiro atoms. The van der Waals surface area contributed by atoms with Crippen molar-refractivity contribution in [2.45, 2.75) is 31.7 Å². The van der Waals surface area contributed by atoms with E-state index in [-0.39, 0.29) is 16.3 Å². The highest BCUT2D eigenvalue weighted by Gasteiger charge is 2.40. The third kappa shape index (κ3) is 3.80. The second-order valence-corrected chi connectivity index (χ2v) is 9.94.